The fraction of sp³-hybridized carbons (Fsp3) is 0.438. The van der Waals surface area contributed by atoms with Crippen molar-refractivity contribution in [3.63, 3.8) is 0 Å². The minimum absolute atomic E-state index is 0.0955. The maximum Gasteiger partial charge on any atom is 0.407 e. The Balaban J connectivity index is 2.06. The number of allylic oxidation sites excluding steroid dienone is 2. The van der Waals surface area contributed by atoms with E-state index in [4.69, 9.17) is 5.11 Å². The Morgan fingerprint density at radius 2 is 1.95 bits per heavy atom. The first-order valence-electron chi connectivity index (χ1n) is 7.10. The van der Waals surface area contributed by atoms with E-state index in [1.807, 2.05) is 6.07 Å². The summed E-state index contributed by atoms with van der Waals surface area (Å²) in [6.45, 7) is 2.42. The number of alkyl halides is 2. The number of rotatable bonds is 0. The van der Waals surface area contributed by atoms with Gasteiger partial charge in [0.2, 0.25) is 0 Å². The van der Waals surface area contributed by atoms with E-state index in [1.54, 1.807) is 13.0 Å². The van der Waals surface area contributed by atoms with Crippen LogP contribution in [0.25, 0.3) is 5.57 Å². The molecule has 1 amide bonds. The SMILES string of the molecule is CC=C1c2c(ccc3c2CCN(C(=O)O)CC3)CC1(F)F. The largest absolute Gasteiger partial charge is 0.465 e. The molecule has 1 aliphatic heterocycles. The number of benzene rings is 1. The minimum atomic E-state index is -2.81. The topological polar surface area (TPSA) is 40.5 Å². The Morgan fingerprint density at radius 3 is 2.62 bits per heavy atom. The van der Waals surface area contributed by atoms with E-state index >= 15 is 0 Å². The van der Waals surface area contributed by atoms with E-state index in [0.717, 1.165) is 11.1 Å². The number of halogens is 2. The molecular weight excluding hydrogens is 276 g/mol. The van der Waals surface area contributed by atoms with Gasteiger partial charge >= 0.3 is 6.09 Å². The third kappa shape index (κ3) is 2.20. The van der Waals surface area contributed by atoms with Crippen molar-refractivity contribution in [3.05, 3.63) is 40.5 Å². The molecule has 1 aromatic carbocycles. The van der Waals surface area contributed by atoms with Gasteiger partial charge in [-0.25, -0.2) is 13.6 Å². The molecule has 0 saturated carbocycles. The summed E-state index contributed by atoms with van der Waals surface area (Å²) in [5, 5.41) is 9.11. The van der Waals surface area contributed by atoms with Gasteiger partial charge in [-0.15, -0.1) is 0 Å². The van der Waals surface area contributed by atoms with Gasteiger partial charge in [0.25, 0.3) is 5.92 Å². The molecule has 112 valence electrons. The van der Waals surface area contributed by atoms with Crippen LogP contribution in [0.4, 0.5) is 13.6 Å². The predicted octanol–water partition coefficient (Wildman–Crippen LogP) is 3.36. The van der Waals surface area contributed by atoms with Gasteiger partial charge in [-0.1, -0.05) is 18.2 Å². The summed E-state index contributed by atoms with van der Waals surface area (Å²) in [4.78, 5) is 12.5. The molecule has 2 aliphatic rings. The van der Waals surface area contributed by atoms with Gasteiger partial charge in [0.1, 0.15) is 0 Å². The number of hydrogen-bond acceptors (Lipinski definition) is 1. The number of amides is 1. The predicted molar refractivity (Wildman–Crippen MR) is 75.7 cm³/mol. The van der Waals surface area contributed by atoms with Crippen LogP contribution in [-0.4, -0.2) is 35.1 Å². The second-order valence-electron chi connectivity index (χ2n) is 5.59. The lowest BCUT2D eigenvalue weighted by Gasteiger charge is -2.16. The van der Waals surface area contributed by atoms with Gasteiger partial charge in [0, 0.05) is 25.1 Å². The molecular formula is C16H17F2NO2. The van der Waals surface area contributed by atoms with E-state index in [2.05, 4.69) is 0 Å². The molecule has 0 aromatic heterocycles. The van der Waals surface area contributed by atoms with Crippen LogP contribution in [0.1, 0.15) is 29.2 Å². The molecule has 0 spiro atoms. The quantitative estimate of drug-likeness (QED) is 0.797. The van der Waals surface area contributed by atoms with Crippen LogP contribution in [0.15, 0.2) is 18.2 Å². The molecule has 21 heavy (non-hydrogen) atoms. The summed E-state index contributed by atoms with van der Waals surface area (Å²) in [5.74, 6) is -2.81. The number of nitrogens with zero attached hydrogens (tertiary/aromatic N) is 1. The standard InChI is InChI=1S/C16H17F2NO2/c1-2-13-14-11(9-16(13,17)18)4-3-10-5-7-19(15(20)21)8-6-12(10)14/h2-4H,5-9H2,1H3,(H,20,21). The molecule has 1 heterocycles. The normalized spacial score (nSPS) is 21.9. The molecule has 0 radical (unpaired) electrons. The first-order chi connectivity index (χ1) is 9.94. The number of carboxylic acid groups (broad SMARTS) is 1. The van der Waals surface area contributed by atoms with Crippen molar-refractivity contribution in [3.8, 4) is 0 Å². The molecule has 0 bridgehead atoms. The highest BCUT2D eigenvalue weighted by Crippen LogP contribution is 2.46. The van der Waals surface area contributed by atoms with Crippen LogP contribution in [0.3, 0.4) is 0 Å². The van der Waals surface area contributed by atoms with Crippen molar-refractivity contribution in [1.29, 1.82) is 0 Å². The van der Waals surface area contributed by atoms with Crippen LogP contribution in [-0.2, 0) is 19.3 Å². The maximum atomic E-state index is 14.1. The van der Waals surface area contributed by atoms with Crippen molar-refractivity contribution < 1.29 is 18.7 Å². The molecule has 1 N–H and O–H groups in total. The van der Waals surface area contributed by atoms with Crippen molar-refractivity contribution in [2.45, 2.75) is 32.1 Å². The fourth-order valence-corrected chi connectivity index (χ4v) is 3.42. The summed E-state index contributed by atoms with van der Waals surface area (Å²) in [7, 11) is 0. The summed E-state index contributed by atoms with van der Waals surface area (Å²) in [5.41, 5.74) is 3.33. The second kappa shape index (κ2) is 4.83. The number of carbonyl (C=O) groups is 1. The average Bonchev–Trinajstić information content (AvgIpc) is 2.58. The van der Waals surface area contributed by atoms with Crippen LogP contribution in [0.5, 0.6) is 0 Å². The molecule has 1 aliphatic carbocycles. The molecule has 0 unspecified atom stereocenters. The van der Waals surface area contributed by atoms with Crippen LogP contribution in [0.2, 0.25) is 0 Å². The molecule has 3 rings (SSSR count). The zero-order valence-electron chi connectivity index (χ0n) is 11.8. The lowest BCUT2D eigenvalue weighted by Crippen LogP contribution is -2.31. The average molecular weight is 293 g/mol. The van der Waals surface area contributed by atoms with Crippen LogP contribution in [0, 0.1) is 0 Å². The third-order valence-corrected chi connectivity index (χ3v) is 4.41. The zero-order valence-corrected chi connectivity index (χ0v) is 11.8. The highest BCUT2D eigenvalue weighted by atomic mass is 19.3. The Morgan fingerprint density at radius 1 is 1.29 bits per heavy atom. The summed E-state index contributed by atoms with van der Waals surface area (Å²) in [6.07, 6.45) is 1.37. The Hall–Kier alpha value is -1.91. The van der Waals surface area contributed by atoms with Crippen molar-refractivity contribution >= 4 is 11.7 Å². The summed E-state index contributed by atoms with van der Waals surface area (Å²) < 4.78 is 28.2. The van der Waals surface area contributed by atoms with Crippen LogP contribution < -0.4 is 0 Å². The number of fused-ring (bicyclic) bond motifs is 3. The molecule has 0 fully saturated rings. The van der Waals surface area contributed by atoms with Crippen LogP contribution >= 0.6 is 0 Å². The van der Waals surface area contributed by atoms with Gasteiger partial charge in [-0.05, 0) is 42.0 Å². The fourth-order valence-electron chi connectivity index (χ4n) is 3.42. The monoisotopic (exact) mass is 293 g/mol. The Labute approximate surface area is 121 Å². The van der Waals surface area contributed by atoms with Gasteiger partial charge in [-0.2, -0.15) is 0 Å². The third-order valence-electron chi connectivity index (χ3n) is 4.41. The highest BCUT2D eigenvalue weighted by Gasteiger charge is 2.43. The van der Waals surface area contributed by atoms with Crippen molar-refractivity contribution in [2.24, 2.45) is 0 Å². The zero-order chi connectivity index (χ0) is 15.2. The van der Waals surface area contributed by atoms with E-state index in [1.165, 1.54) is 11.0 Å². The molecule has 3 nitrogen and oxygen atoms in total. The lowest BCUT2D eigenvalue weighted by molar-refractivity contribution is 0.0740. The molecule has 0 atom stereocenters. The molecule has 5 heteroatoms. The molecule has 1 aromatic rings. The van der Waals surface area contributed by atoms with E-state index in [9.17, 15) is 13.6 Å². The maximum absolute atomic E-state index is 14.1. The van der Waals surface area contributed by atoms with E-state index in [-0.39, 0.29) is 12.0 Å². The van der Waals surface area contributed by atoms with E-state index in [0.29, 0.717) is 37.1 Å². The van der Waals surface area contributed by atoms with Gasteiger partial charge < -0.3 is 10.0 Å². The first kappa shape index (κ1) is 14.0. The highest BCUT2D eigenvalue weighted by molar-refractivity contribution is 5.81. The van der Waals surface area contributed by atoms with Crippen molar-refractivity contribution in [1.82, 2.24) is 4.90 Å². The Kier molecular flexibility index (Phi) is 3.23. The number of hydrogen-bond donors (Lipinski definition) is 1. The van der Waals surface area contributed by atoms with Gasteiger partial charge in [-0.3, -0.25) is 0 Å². The summed E-state index contributed by atoms with van der Waals surface area (Å²) in [6, 6.07) is 3.66. The Bertz CT molecular complexity index is 637. The summed E-state index contributed by atoms with van der Waals surface area (Å²) >= 11 is 0. The van der Waals surface area contributed by atoms with Gasteiger partial charge in [0.05, 0.1) is 0 Å². The lowest BCUT2D eigenvalue weighted by atomic mass is 9.92. The van der Waals surface area contributed by atoms with Crippen molar-refractivity contribution in [2.75, 3.05) is 13.1 Å². The van der Waals surface area contributed by atoms with E-state index < -0.39 is 12.0 Å². The molecule has 0 saturated heterocycles. The van der Waals surface area contributed by atoms with Gasteiger partial charge in [0.15, 0.2) is 0 Å². The minimum Gasteiger partial charge on any atom is -0.465 e. The second-order valence-corrected chi connectivity index (χ2v) is 5.59. The first-order valence-corrected chi connectivity index (χ1v) is 7.10. The smallest absolute Gasteiger partial charge is 0.407 e.